The topological polar surface area (TPSA) is 66.5 Å². The lowest BCUT2D eigenvalue weighted by molar-refractivity contribution is -0.120. The van der Waals surface area contributed by atoms with E-state index in [0.717, 1.165) is 16.5 Å². The predicted molar refractivity (Wildman–Crippen MR) is 91.7 cm³/mol. The third-order valence-corrected chi connectivity index (χ3v) is 5.51. The number of fused-ring (bicyclic) bond motifs is 1. The summed E-state index contributed by atoms with van der Waals surface area (Å²) in [6.45, 7) is 0.761. The average Bonchev–Trinajstić information content (AvgIpc) is 2.54. The predicted octanol–water partition coefficient (Wildman–Crippen LogP) is 2.45. The lowest BCUT2D eigenvalue weighted by atomic mass is 9.98. The summed E-state index contributed by atoms with van der Waals surface area (Å²) in [5, 5.41) is 5.09. The van der Waals surface area contributed by atoms with Gasteiger partial charge >= 0.3 is 0 Å². The standard InChI is InChI=1S/C17H20N2O3S/c1-23(21,22)19-10-4-7-15(12-19)17(20)18-16-9-8-13-5-2-3-6-14(13)11-16/h2-3,5-6,8-9,11,15H,4,7,10,12H2,1H3,(H,18,20)/t15-/m0/s1. The molecule has 1 aliphatic heterocycles. The van der Waals surface area contributed by atoms with Crippen molar-refractivity contribution in [2.75, 3.05) is 24.7 Å². The van der Waals surface area contributed by atoms with Gasteiger partial charge in [-0.25, -0.2) is 12.7 Å². The van der Waals surface area contributed by atoms with Gasteiger partial charge in [0, 0.05) is 18.8 Å². The average molecular weight is 332 g/mol. The Bertz CT molecular complexity index is 833. The zero-order valence-electron chi connectivity index (χ0n) is 13.0. The molecule has 1 aliphatic rings. The second-order valence-corrected chi connectivity index (χ2v) is 7.99. The van der Waals surface area contributed by atoms with E-state index in [4.69, 9.17) is 0 Å². The molecule has 0 radical (unpaired) electrons. The molecule has 0 bridgehead atoms. The highest BCUT2D eigenvalue weighted by Gasteiger charge is 2.30. The van der Waals surface area contributed by atoms with E-state index in [2.05, 4.69) is 5.32 Å². The normalized spacial score (nSPS) is 19.6. The van der Waals surface area contributed by atoms with Crippen LogP contribution < -0.4 is 5.32 Å². The van der Waals surface area contributed by atoms with Crippen LogP contribution in [0.25, 0.3) is 10.8 Å². The molecular formula is C17H20N2O3S. The van der Waals surface area contributed by atoms with E-state index in [-0.39, 0.29) is 18.4 Å². The van der Waals surface area contributed by atoms with E-state index < -0.39 is 10.0 Å². The molecule has 3 rings (SSSR count). The highest BCUT2D eigenvalue weighted by molar-refractivity contribution is 7.88. The number of carbonyl (C=O) groups excluding carboxylic acids is 1. The van der Waals surface area contributed by atoms with E-state index in [0.29, 0.717) is 19.4 Å². The van der Waals surface area contributed by atoms with Gasteiger partial charge in [0.15, 0.2) is 0 Å². The maximum Gasteiger partial charge on any atom is 0.228 e. The Balaban J connectivity index is 1.72. The lowest BCUT2D eigenvalue weighted by Crippen LogP contribution is -2.43. The largest absolute Gasteiger partial charge is 0.326 e. The van der Waals surface area contributed by atoms with Crippen LogP contribution >= 0.6 is 0 Å². The van der Waals surface area contributed by atoms with Crippen LogP contribution in [0.1, 0.15) is 12.8 Å². The third-order valence-electron chi connectivity index (χ3n) is 4.24. The Morgan fingerprint density at radius 1 is 1.17 bits per heavy atom. The van der Waals surface area contributed by atoms with E-state index in [9.17, 15) is 13.2 Å². The Morgan fingerprint density at radius 2 is 1.91 bits per heavy atom. The number of piperidine rings is 1. The summed E-state index contributed by atoms with van der Waals surface area (Å²) in [5.74, 6) is -0.418. The number of anilines is 1. The van der Waals surface area contributed by atoms with E-state index in [1.54, 1.807) is 0 Å². The number of sulfonamides is 1. The molecule has 0 saturated carbocycles. The molecule has 0 spiro atoms. The summed E-state index contributed by atoms with van der Waals surface area (Å²) in [4.78, 5) is 12.4. The molecule has 0 aromatic heterocycles. The molecular weight excluding hydrogens is 312 g/mol. The first kappa shape index (κ1) is 16.0. The first-order valence-electron chi connectivity index (χ1n) is 7.68. The van der Waals surface area contributed by atoms with Crippen LogP contribution in [0.4, 0.5) is 5.69 Å². The third kappa shape index (κ3) is 3.71. The Hall–Kier alpha value is -1.92. The van der Waals surface area contributed by atoms with Crippen molar-refractivity contribution in [1.82, 2.24) is 4.31 Å². The van der Waals surface area contributed by atoms with Crippen molar-refractivity contribution in [3.05, 3.63) is 42.5 Å². The van der Waals surface area contributed by atoms with Crippen LogP contribution in [0.15, 0.2) is 42.5 Å². The van der Waals surface area contributed by atoms with Gasteiger partial charge in [-0.05, 0) is 35.7 Å². The summed E-state index contributed by atoms with van der Waals surface area (Å²) in [7, 11) is -3.24. The smallest absolute Gasteiger partial charge is 0.228 e. The first-order chi connectivity index (χ1) is 10.9. The highest BCUT2D eigenvalue weighted by Crippen LogP contribution is 2.22. The summed E-state index contributed by atoms with van der Waals surface area (Å²) in [6.07, 6.45) is 2.62. The molecule has 1 amide bonds. The summed E-state index contributed by atoms with van der Waals surface area (Å²) >= 11 is 0. The molecule has 1 saturated heterocycles. The van der Waals surface area contributed by atoms with Crippen molar-refractivity contribution in [1.29, 1.82) is 0 Å². The van der Waals surface area contributed by atoms with Crippen LogP contribution in [-0.2, 0) is 14.8 Å². The number of nitrogens with zero attached hydrogens (tertiary/aromatic N) is 1. The molecule has 23 heavy (non-hydrogen) atoms. The molecule has 122 valence electrons. The lowest BCUT2D eigenvalue weighted by Gasteiger charge is -2.30. The van der Waals surface area contributed by atoms with E-state index in [1.165, 1.54) is 10.6 Å². The van der Waals surface area contributed by atoms with Crippen molar-refractivity contribution in [3.8, 4) is 0 Å². The Kier molecular flexibility index (Phi) is 4.37. The second kappa shape index (κ2) is 6.29. The van der Waals surface area contributed by atoms with Gasteiger partial charge in [-0.1, -0.05) is 30.3 Å². The number of hydrogen-bond acceptors (Lipinski definition) is 3. The molecule has 1 fully saturated rings. The van der Waals surface area contributed by atoms with Gasteiger partial charge in [0.1, 0.15) is 0 Å². The van der Waals surface area contributed by atoms with Crippen LogP contribution in [-0.4, -0.2) is 38.0 Å². The number of amides is 1. The number of hydrogen-bond donors (Lipinski definition) is 1. The minimum absolute atomic E-state index is 0.117. The molecule has 6 heteroatoms. The molecule has 0 unspecified atom stereocenters. The van der Waals surface area contributed by atoms with E-state index >= 15 is 0 Å². The number of carbonyl (C=O) groups is 1. The van der Waals surface area contributed by atoms with Crippen molar-refractivity contribution in [3.63, 3.8) is 0 Å². The zero-order valence-corrected chi connectivity index (χ0v) is 13.8. The number of benzene rings is 2. The maximum absolute atomic E-state index is 12.4. The van der Waals surface area contributed by atoms with Gasteiger partial charge in [0.2, 0.25) is 15.9 Å². The van der Waals surface area contributed by atoms with Gasteiger partial charge in [-0.3, -0.25) is 4.79 Å². The first-order valence-corrected chi connectivity index (χ1v) is 9.53. The van der Waals surface area contributed by atoms with Gasteiger partial charge in [-0.15, -0.1) is 0 Å². The minimum atomic E-state index is -3.24. The van der Waals surface area contributed by atoms with Gasteiger partial charge in [0.25, 0.3) is 0 Å². The van der Waals surface area contributed by atoms with Crippen molar-refractivity contribution >= 4 is 32.4 Å². The fraction of sp³-hybridized carbons (Fsp3) is 0.353. The molecule has 1 atom stereocenters. The molecule has 5 nitrogen and oxygen atoms in total. The monoisotopic (exact) mass is 332 g/mol. The van der Waals surface area contributed by atoms with Crippen LogP contribution in [0, 0.1) is 5.92 Å². The Labute approximate surface area is 136 Å². The SMILES string of the molecule is CS(=O)(=O)N1CCC[C@H](C(=O)Nc2ccc3ccccc3c2)C1. The van der Waals surface area contributed by atoms with Crippen LogP contribution in [0.2, 0.25) is 0 Å². The zero-order chi connectivity index (χ0) is 16.4. The van der Waals surface area contributed by atoms with Crippen molar-refractivity contribution in [2.24, 2.45) is 5.92 Å². The number of nitrogens with one attached hydrogen (secondary N) is 1. The summed E-state index contributed by atoms with van der Waals surface area (Å²) in [5.41, 5.74) is 0.741. The van der Waals surface area contributed by atoms with Crippen molar-refractivity contribution in [2.45, 2.75) is 12.8 Å². The Morgan fingerprint density at radius 3 is 2.65 bits per heavy atom. The number of rotatable bonds is 3. The molecule has 0 aliphatic carbocycles. The highest BCUT2D eigenvalue weighted by atomic mass is 32.2. The van der Waals surface area contributed by atoms with Gasteiger partial charge in [-0.2, -0.15) is 0 Å². The fourth-order valence-electron chi connectivity index (χ4n) is 2.97. The fourth-order valence-corrected chi connectivity index (χ4v) is 3.88. The van der Waals surface area contributed by atoms with Gasteiger partial charge in [0.05, 0.1) is 12.2 Å². The minimum Gasteiger partial charge on any atom is -0.326 e. The molecule has 1 N–H and O–H groups in total. The van der Waals surface area contributed by atoms with Gasteiger partial charge < -0.3 is 5.32 Å². The van der Waals surface area contributed by atoms with Crippen molar-refractivity contribution < 1.29 is 13.2 Å². The quantitative estimate of drug-likeness (QED) is 0.939. The van der Waals surface area contributed by atoms with Crippen LogP contribution in [0.3, 0.4) is 0 Å². The second-order valence-electron chi connectivity index (χ2n) is 6.01. The van der Waals surface area contributed by atoms with E-state index in [1.807, 2.05) is 42.5 Å². The van der Waals surface area contributed by atoms with Crippen LogP contribution in [0.5, 0.6) is 0 Å². The molecule has 1 heterocycles. The summed E-state index contributed by atoms with van der Waals surface area (Å²) in [6, 6.07) is 13.7. The molecule has 2 aromatic carbocycles. The summed E-state index contributed by atoms with van der Waals surface area (Å²) < 4.78 is 24.7. The maximum atomic E-state index is 12.4. The molecule has 2 aromatic rings.